The molecular weight excluding hydrogens is 243 g/mol. The Morgan fingerprint density at radius 1 is 1.16 bits per heavy atom. The molecule has 0 saturated heterocycles. The zero-order valence-corrected chi connectivity index (χ0v) is 10.9. The summed E-state index contributed by atoms with van der Waals surface area (Å²) in [5.74, 6) is 0.384. The van der Waals surface area contributed by atoms with Crippen molar-refractivity contribution < 1.29 is 13.9 Å². The predicted molar refractivity (Wildman–Crippen MR) is 72.3 cm³/mol. The molecule has 1 aliphatic rings. The van der Waals surface area contributed by atoms with E-state index in [-0.39, 0.29) is 17.3 Å². The Labute approximate surface area is 112 Å². The molecule has 1 fully saturated rings. The average Bonchev–Trinajstić information content (AvgIpc) is 2.67. The largest absolute Gasteiger partial charge is 0.455 e. The summed E-state index contributed by atoms with van der Waals surface area (Å²) in [4.78, 5) is 0. The Kier molecular flexibility index (Phi) is 3.56. The molecule has 1 saturated carbocycles. The van der Waals surface area contributed by atoms with Gasteiger partial charge in [-0.3, -0.25) is 0 Å². The Balaban J connectivity index is 1.88. The Bertz CT molecular complexity index is 553. The van der Waals surface area contributed by atoms with Gasteiger partial charge in [-0.25, -0.2) is 4.39 Å². The van der Waals surface area contributed by atoms with Gasteiger partial charge in [0.1, 0.15) is 11.9 Å². The highest BCUT2D eigenvalue weighted by atomic mass is 19.1. The Morgan fingerprint density at radius 2 is 1.89 bits per heavy atom. The van der Waals surface area contributed by atoms with Crippen LogP contribution in [0.15, 0.2) is 28.7 Å². The van der Waals surface area contributed by atoms with Gasteiger partial charge >= 0.3 is 0 Å². The summed E-state index contributed by atoms with van der Waals surface area (Å²) >= 11 is 0. The van der Waals surface area contributed by atoms with Crippen molar-refractivity contribution in [1.29, 1.82) is 0 Å². The molecular formula is C16H19FO2. The van der Waals surface area contributed by atoms with Gasteiger partial charge in [0.25, 0.3) is 0 Å². The minimum absolute atomic E-state index is 0.242. The monoisotopic (exact) mass is 262 g/mol. The molecule has 1 unspecified atom stereocenters. The summed E-state index contributed by atoms with van der Waals surface area (Å²) in [6, 6.07) is 6.63. The van der Waals surface area contributed by atoms with Crippen molar-refractivity contribution in [1.82, 2.24) is 0 Å². The highest BCUT2D eigenvalue weighted by molar-refractivity contribution is 5.78. The lowest BCUT2D eigenvalue weighted by Crippen LogP contribution is -2.11. The lowest BCUT2D eigenvalue weighted by molar-refractivity contribution is 0.0789. The second-order valence-electron chi connectivity index (χ2n) is 5.50. The Hall–Kier alpha value is -1.35. The first-order chi connectivity index (χ1) is 9.25. The normalized spacial score (nSPS) is 19.5. The van der Waals surface area contributed by atoms with E-state index in [1.165, 1.54) is 18.9 Å². The molecule has 19 heavy (non-hydrogen) atoms. The number of rotatable bonds is 2. The van der Waals surface area contributed by atoms with Crippen LogP contribution < -0.4 is 0 Å². The van der Waals surface area contributed by atoms with E-state index in [0.29, 0.717) is 5.76 Å². The molecule has 1 heterocycles. The van der Waals surface area contributed by atoms with Crippen LogP contribution in [0.1, 0.15) is 50.4 Å². The molecule has 1 aliphatic carbocycles. The van der Waals surface area contributed by atoms with Gasteiger partial charge in [-0.1, -0.05) is 37.8 Å². The van der Waals surface area contributed by atoms with Gasteiger partial charge in [0.05, 0.1) is 0 Å². The van der Waals surface area contributed by atoms with Gasteiger partial charge in [-0.2, -0.15) is 0 Å². The molecule has 2 aromatic rings. The number of aliphatic hydroxyl groups excluding tert-OH is 1. The maximum absolute atomic E-state index is 13.6. The van der Waals surface area contributed by atoms with Crippen molar-refractivity contribution >= 4 is 11.0 Å². The number of hydrogen-bond acceptors (Lipinski definition) is 2. The van der Waals surface area contributed by atoms with E-state index in [1.807, 2.05) is 6.07 Å². The fourth-order valence-corrected chi connectivity index (χ4v) is 3.05. The lowest BCUT2D eigenvalue weighted by atomic mass is 9.92. The predicted octanol–water partition coefficient (Wildman–Crippen LogP) is 4.58. The molecule has 0 radical (unpaired) electrons. The number of para-hydroxylation sites is 1. The van der Waals surface area contributed by atoms with E-state index in [4.69, 9.17) is 4.42 Å². The van der Waals surface area contributed by atoms with Crippen molar-refractivity contribution in [3.8, 4) is 0 Å². The standard InChI is InChI=1S/C16H19FO2/c17-13-9-5-8-12-10-14(19-16(12)13)15(18)11-6-3-1-2-4-7-11/h5,8-11,15,18H,1-4,6-7H2. The highest BCUT2D eigenvalue weighted by Gasteiger charge is 2.25. The third-order valence-electron chi connectivity index (χ3n) is 4.15. The van der Waals surface area contributed by atoms with Crippen LogP contribution in [0.25, 0.3) is 11.0 Å². The van der Waals surface area contributed by atoms with Gasteiger partial charge in [0, 0.05) is 5.39 Å². The van der Waals surface area contributed by atoms with Gasteiger partial charge < -0.3 is 9.52 Å². The topological polar surface area (TPSA) is 33.4 Å². The average molecular weight is 262 g/mol. The zero-order chi connectivity index (χ0) is 13.2. The first kappa shape index (κ1) is 12.7. The molecule has 1 aromatic carbocycles. The van der Waals surface area contributed by atoms with Gasteiger partial charge in [-0.15, -0.1) is 0 Å². The molecule has 2 nitrogen and oxygen atoms in total. The molecule has 0 amide bonds. The van der Waals surface area contributed by atoms with E-state index in [0.717, 1.165) is 31.1 Å². The van der Waals surface area contributed by atoms with Crippen LogP contribution in [-0.2, 0) is 0 Å². The van der Waals surface area contributed by atoms with E-state index in [9.17, 15) is 9.50 Å². The van der Waals surface area contributed by atoms with E-state index >= 15 is 0 Å². The third-order valence-corrected chi connectivity index (χ3v) is 4.15. The van der Waals surface area contributed by atoms with E-state index in [1.54, 1.807) is 12.1 Å². The minimum Gasteiger partial charge on any atom is -0.455 e. The molecule has 1 aromatic heterocycles. The zero-order valence-electron chi connectivity index (χ0n) is 10.9. The van der Waals surface area contributed by atoms with Crippen LogP contribution in [0.5, 0.6) is 0 Å². The summed E-state index contributed by atoms with van der Waals surface area (Å²) in [6.07, 6.45) is 6.27. The van der Waals surface area contributed by atoms with Crippen LogP contribution in [0.3, 0.4) is 0 Å². The van der Waals surface area contributed by atoms with Crippen LogP contribution in [0.4, 0.5) is 4.39 Å². The van der Waals surface area contributed by atoms with E-state index < -0.39 is 6.10 Å². The maximum atomic E-state index is 13.6. The molecule has 102 valence electrons. The molecule has 1 atom stereocenters. The van der Waals surface area contributed by atoms with Crippen molar-refractivity contribution in [2.45, 2.75) is 44.6 Å². The molecule has 0 aliphatic heterocycles. The Morgan fingerprint density at radius 3 is 2.58 bits per heavy atom. The molecule has 3 heteroatoms. The van der Waals surface area contributed by atoms with Gasteiger partial charge in [0.2, 0.25) is 0 Å². The highest BCUT2D eigenvalue weighted by Crippen LogP contribution is 2.36. The molecule has 0 bridgehead atoms. The van der Waals surface area contributed by atoms with Crippen molar-refractivity contribution in [2.75, 3.05) is 0 Å². The van der Waals surface area contributed by atoms with Crippen LogP contribution in [0, 0.1) is 11.7 Å². The fourth-order valence-electron chi connectivity index (χ4n) is 3.05. The fraction of sp³-hybridized carbons (Fsp3) is 0.500. The summed E-state index contributed by atoms with van der Waals surface area (Å²) in [7, 11) is 0. The summed E-state index contributed by atoms with van der Waals surface area (Å²) in [5, 5.41) is 11.2. The second-order valence-corrected chi connectivity index (χ2v) is 5.50. The van der Waals surface area contributed by atoms with E-state index in [2.05, 4.69) is 0 Å². The van der Waals surface area contributed by atoms with Crippen molar-refractivity contribution in [3.63, 3.8) is 0 Å². The molecule has 3 rings (SSSR count). The molecule has 1 N–H and O–H groups in total. The van der Waals surface area contributed by atoms with Gasteiger partial charge in [-0.05, 0) is 30.9 Å². The number of halogens is 1. The summed E-state index contributed by atoms with van der Waals surface area (Å²) < 4.78 is 19.1. The number of benzene rings is 1. The number of fused-ring (bicyclic) bond motifs is 1. The SMILES string of the molecule is OC(c1cc2cccc(F)c2o1)C1CCCCCC1. The quantitative estimate of drug-likeness (QED) is 0.804. The summed E-state index contributed by atoms with van der Waals surface area (Å²) in [5.41, 5.74) is 0.255. The van der Waals surface area contributed by atoms with Crippen molar-refractivity contribution in [3.05, 3.63) is 35.8 Å². The van der Waals surface area contributed by atoms with Crippen LogP contribution >= 0.6 is 0 Å². The second kappa shape index (κ2) is 5.33. The first-order valence-corrected chi connectivity index (χ1v) is 7.12. The summed E-state index contributed by atoms with van der Waals surface area (Å²) in [6.45, 7) is 0. The van der Waals surface area contributed by atoms with Gasteiger partial charge in [0.15, 0.2) is 11.4 Å². The maximum Gasteiger partial charge on any atom is 0.170 e. The van der Waals surface area contributed by atoms with Crippen LogP contribution in [-0.4, -0.2) is 5.11 Å². The molecule has 0 spiro atoms. The van der Waals surface area contributed by atoms with Crippen molar-refractivity contribution in [2.24, 2.45) is 5.92 Å². The smallest absolute Gasteiger partial charge is 0.170 e. The van der Waals surface area contributed by atoms with Crippen LogP contribution in [0.2, 0.25) is 0 Å². The number of furan rings is 1. The number of aliphatic hydroxyl groups is 1. The third kappa shape index (κ3) is 2.52. The number of hydrogen-bond donors (Lipinski definition) is 1. The first-order valence-electron chi connectivity index (χ1n) is 7.12. The minimum atomic E-state index is -0.607. The lowest BCUT2D eigenvalue weighted by Gasteiger charge is -2.18.